The predicted molar refractivity (Wildman–Crippen MR) is 77.8 cm³/mol. The molecule has 8 nitrogen and oxygen atoms in total. The third kappa shape index (κ3) is 5.40. The topological polar surface area (TPSA) is 128 Å². The van der Waals surface area contributed by atoms with Crippen LogP contribution < -0.4 is 5.32 Å². The molecule has 0 saturated heterocycles. The molecule has 22 heavy (non-hydrogen) atoms. The zero-order valence-electron chi connectivity index (χ0n) is 12.0. The second-order valence-corrected chi connectivity index (χ2v) is 5.52. The Morgan fingerprint density at radius 2 is 1.77 bits per heavy atom. The van der Waals surface area contributed by atoms with Crippen molar-refractivity contribution in [1.82, 2.24) is 5.32 Å². The molecule has 0 saturated carbocycles. The Morgan fingerprint density at radius 1 is 1.23 bits per heavy atom. The summed E-state index contributed by atoms with van der Waals surface area (Å²) >= 11 is -3.58. The maximum absolute atomic E-state index is 11.7. The number of hydrogen-bond donors (Lipinski definition) is 3. The average molecular weight is 369 g/mol. The van der Waals surface area contributed by atoms with Crippen molar-refractivity contribution < 1.29 is 21.5 Å². The fourth-order valence-electron chi connectivity index (χ4n) is 1.89. The summed E-state index contributed by atoms with van der Waals surface area (Å²) in [6.45, 7) is 3.13. The van der Waals surface area contributed by atoms with Gasteiger partial charge in [-0.1, -0.05) is 30.3 Å². The van der Waals surface area contributed by atoms with Gasteiger partial charge in [-0.25, -0.2) is 0 Å². The third-order valence-corrected chi connectivity index (χ3v) is 2.68. The van der Waals surface area contributed by atoms with Crippen molar-refractivity contribution in [3.8, 4) is 0 Å². The van der Waals surface area contributed by atoms with Crippen LogP contribution in [-0.2, 0) is 13.3 Å². The number of azo groups is 1. The average Bonchev–Trinajstić information content (AvgIpc) is 2.76. The zero-order valence-corrected chi connectivity index (χ0v) is 14.1. The summed E-state index contributed by atoms with van der Waals surface area (Å²) in [5, 5.41) is 10.0. The van der Waals surface area contributed by atoms with Crippen LogP contribution in [0.5, 0.6) is 0 Å². The normalized spacial score (nSPS) is 14.7. The first-order valence-corrected chi connectivity index (χ1v) is 8.97. The number of benzene rings is 1. The van der Waals surface area contributed by atoms with Gasteiger partial charge in [0.05, 0.1) is 17.3 Å². The summed E-state index contributed by atoms with van der Waals surface area (Å²) < 4.78 is 23.2. The molecule has 1 atom stereocenters. The van der Waals surface area contributed by atoms with Crippen LogP contribution in [0.3, 0.4) is 0 Å². The minimum atomic E-state index is -3.58. The standard InChI is InChI=1S/C13H13N3O2.AsH3O3/c1-8-11(13(18)16-15-8)12(14-9(2)17)10-6-4-3-5-7-10;2-1(3)4/h3-7,12H,1-2H3,(H,14,17);1H,(H2,2,3,4). The van der Waals surface area contributed by atoms with Crippen molar-refractivity contribution in [3.05, 3.63) is 47.2 Å². The maximum atomic E-state index is 11.7. The second-order valence-electron chi connectivity index (χ2n) is 4.33. The van der Waals surface area contributed by atoms with Crippen molar-refractivity contribution in [2.45, 2.75) is 19.9 Å². The number of amides is 2. The second kappa shape index (κ2) is 8.43. The Balaban J connectivity index is 0.000000541. The first kappa shape index (κ1) is 18.0. The summed E-state index contributed by atoms with van der Waals surface area (Å²) in [5.41, 5.74) is 1.81. The minimum absolute atomic E-state index is 0.205. The van der Waals surface area contributed by atoms with E-state index < -0.39 is 27.2 Å². The molecule has 1 unspecified atom stereocenters. The third-order valence-electron chi connectivity index (χ3n) is 2.68. The van der Waals surface area contributed by atoms with Crippen molar-refractivity contribution >= 4 is 27.1 Å². The van der Waals surface area contributed by atoms with E-state index in [1.54, 1.807) is 6.92 Å². The van der Waals surface area contributed by atoms with Gasteiger partial charge in [-0.3, -0.25) is 9.59 Å². The number of hydrogen-bond acceptors (Lipinski definition) is 4. The van der Waals surface area contributed by atoms with Gasteiger partial charge >= 0.3 is 27.2 Å². The molecule has 0 fully saturated rings. The molecule has 0 spiro atoms. The van der Waals surface area contributed by atoms with Crippen molar-refractivity contribution in [2.24, 2.45) is 10.2 Å². The number of nitrogens with zero attached hydrogens (tertiary/aromatic N) is 2. The number of allylic oxidation sites excluding steroid dienone is 1. The predicted octanol–water partition coefficient (Wildman–Crippen LogP) is 0.249. The van der Waals surface area contributed by atoms with E-state index in [9.17, 15) is 9.59 Å². The molecule has 2 rings (SSSR count). The monoisotopic (exact) mass is 369 g/mol. The van der Waals surface area contributed by atoms with E-state index in [0.717, 1.165) is 5.56 Å². The molecule has 0 bridgehead atoms. The SMILES string of the molecule is CC(=O)NC(C1=C(C)N=NC1=O)c1ccccc1.O=[AsH](O)O. The van der Waals surface area contributed by atoms with E-state index in [1.165, 1.54) is 6.92 Å². The fraction of sp³-hybridized carbons (Fsp3) is 0.231. The Morgan fingerprint density at radius 3 is 2.18 bits per heavy atom. The van der Waals surface area contributed by atoms with Gasteiger partial charge in [0, 0.05) is 6.92 Å². The molecule has 1 aromatic carbocycles. The Kier molecular flexibility index (Phi) is 6.91. The van der Waals surface area contributed by atoms with Crippen LogP contribution in [0, 0.1) is 0 Å². The van der Waals surface area contributed by atoms with Crippen LogP contribution in [-0.4, -0.2) is 35.3 Å². The van der Waals surface area contributed by atoms with E-state index in [4.69, 9.17) is 11.9 Å². The molecule has 1 aromatic rings. The van der Waals surface area contributed by atoms with E-state index in [2.05, 4.69) is 15.5 Å². The van der Waals surface area contributed by atoms with Gasteiger partial charge in [-0.05, 0) is 12.5 Å². The van der Waals surface area contributed by atoms with Crippen LogP contribution in [0.1, 0.15) is 25.5 Å². The van der Waals surface area contributed by atoms with Gasteiger partial charge < -0.3 is 5.32 Å². The van der Waals surface area contributed by atoms with Crippen LogP contribution in [0.4, 0.5) is 0 Å². The molecule has 0 aromatic heterocycles. The molecule has 0 radical (unpaired) electrons. The molecule has 0 aliphatic carbocycles. The van der Waals surface area contributed by atoms with Gasteiger partial charge in [0.25, 0.3) is 5.91 Å². The number of carbonyl (C=O) groups excluding carboxylic acids is 2. The van der Waals surface area contributed by atoms with Gasteiger partial charge in [-0.15, -0.1) is 5.11 Å². The molecule has 1 aliphatic heterocycles. The zero-order chi connectivity index (χ0) is 16.7. The van der Waals surface area contributed by atoms with Gasteiger partial charge in [0.15, 0.2) is 0 Å². The quantitative estimate of drug-likeness (QED) is 0.658. The van der Waals surface area contributed by atoms with E-state index in [-0.39, 0.29) is 5.91 Å². The molecule has 1 aliphatic rings. The summed E-state index contributed by atoms with van der Waals surface area (Å²) in [7, 11) is 0. The molecular formula is C13H16AsN3O5. The molecular weight excluding hydrogens is 353 g/mol. The van der Waals surface area contributed by atoms with Crippen molar-refractivity contribution in [2.75, 3.05) is 0 Å². The molecule has 2 amide bonds. The summed E-state index contributed by atoms with van der Waals surface area (Å²) in [4.78, 5) is 23.0. The van der Waals surface area contributed by atoms with Crippen molar-refractivity contribution in [1.29, 1.82) is 0 Å². The van der Waals surface area contributed by atoms with Crippen LogP contribution >= 0.6 is 0 Å². The number of rotatable bonds is 3. The van der Waals surface area contributed by atoms with E-state index in [0.29, 0.717) is 11.3 Å². The van der Waals surface area contributed by atoms with E-state index >= 15 is 0 Å². The molecule has 118 valence electrons. The van der Waals surface area contributed by atoms with Gasteiger partial charge in [-0.2, -0.15) is 5.11 Å². The summed E-state index contributed by atoms with van der Waals surface area (Å²) in [6, 6.07) is 8.80. The van der Waals surface area contributed by atoms with Gasteiger partial charge in [0.1, 0.15) is 0 Å². The first-order valence-electron chi connectivity index (χ1n) is 6.23. The van der Waals surface area contributed by atoms with Crippen LogP contribution in [0.25, 0.3) is 0 Å². The molecule has 1 heterocycles. The number of nitrogens with one attached hydrogen (secondary N) is 1. The van der Waals surface area contributed by atoms with Crippen LogP contribution in [0.15, 0.2) is 51.8 Å². The van der Waals surface area contributed by atoms with E-state index in [1.807, 2.05) is 30.3 Å². The fourth-order valence-corrected chi connectivity index (χ4v) is 1.89. The summed E-state index contributed by atoms with van der Waals surface area (Å²) in [5.74, 6) is -0.598. The molecule has 3 N–H and O–H groups in total. The Labute approximate surface area is 131 Å². The Hall–Kier alpha value is -2.02. The van der Waals surface area contributed by atoms with Crippen LogP contribution in [0.2, 0.25) is 0 Å². The Bertz CT molecular complexity index is 638. The molecule has 9 heteroatoms. The number of carbonyl (C=O) groups is 2. The summed E-state index contributed by atoms with van der Waals surface area (Å²) in [6.07, 6.45) is 0. The van der Waals surface area contributed by atoms with Gasteiger partial charge in [0.2, 0.25) is 5.91 Å². The van der Waals surface area contributed by atoms with Crippen molar-refractivity contribution in [3.63, 3.8) is 0 Å². The first-order chi connectivity index (χ1) is 10.3.